The Hall–Kier alpha value is -4.94. The van der Waals surface area contributed by atoms with Crippen LogP contribution in [0.3, 0.4) is 0 Å². The summed E-state index contributed by atoms with van der Waals surface area (Å²) >= 11 is 0. The quantitative estimate of drug-likeness (QED) is 0.235. The minimum atomic E-state index is -0.0981. The van der Waals surface area contributed by atoms with Crippen LogP contribution >= 0.6 is 0 Å². The Morgan fingerprint density at radius 2 is 1.97 bits per heavy atom. The SMILES string of the molecule is CC(C)(C)CC(=O)Nc1cncc(-c2cnc3[nH]nc(-c4cc5c([nH]4)C=C=CC=C5c4ccoc4)c3c2)c1. The predicted octanol–water partition coefficient (Wildman–Crippen LogP) is 6.60. The maximum absolute atomic E-state index is 12.4. The molecule has 5 aromatic heterocycles. The molecule has 1 aliphatic carbocycles. The molecule has 0 spiro atoms. The molecule has 0 aromatic carbocycles. The van der Waals surface area contributed by atoms with Gasteiger partial charge in [-0.25, -0.2) is 4.98 Å². The Bertz CT molecular complexity index is 1760. The van der Waals surface area contributed by atoms with Crippen molar-refractivity contribution >= 4 is 34.3 Å². The summed E-state index contributed by atoms with van der Waals surface area (Å²) in [7, 11) is 0. The normalized spacial score (nSPS) is 12.9. The van der Waals surface area contributed by atoms with E-state index in [0.717, 1.165) is 50.3 Å². The standard InChI is InChI=1S/C30H26N6O2/c1-30(2,3)13-27(37)33-21-10-19(14-31-16-21)20-11-24-28(35-36-29(24)32-15-20)26-12-23-22(18-8-9-38-17-18)6-4-5-7-25(23)34-26/h4,6-12,14-17,34H,13H2,1-3H3,(H,33,37)(H,32,35,36). The van der Waals surface area contributed by atoms with Crippen LogP contribution in [0.25, 0.3) is 45.2 Å². The van der Waals surface area contributed by atoms with Gasteiger partial charge in [-0.2, -0.15) is 5.10 Å². The van der Waals surface area contributed by atoms with E-state index < -0.39 is 0 Å². The molecule has 1 amide bonds. The maximum atomic E-state index is 12.4. The van der Waals surface area contributed by atoms with Crippen molar-refractivity contribution in [1.82, 2.24) is 25.1 Å². The van der Waals surface area contributed by atoms with Crippen LogP contribution < -0.4 is 5.32 Å². The highest BCUT2D eigenvalue weighted by Crippen LogP contribution is 2.35. The van der Waals surface area contributed by atoms with Gasteiger partial charge in [0.05, 0.1) is 35.8 Å². The van der Waals surface area contributed by atoms with Crippen molar-refractivity contribution in [3.8, 4) is 22.5 Å². The molecule has 0 aliphatic heterocycles. The number of aromatic amines is 2. The number of aromatic nitrogens is 5. The second-order valence-electron chi connectivity index (χ2n) is 10.5. The van der Waals surface area contributed by atoms with Crippen molar-refractivity contribution < 1.29 is 9.21 Å². The summed E-state index contributed by atoms with van der Waals surface area (Å²) < 4.78 is 5.32. The molecule has 5 aromatic rings. The van der Waals surface area contributed by atoms with Gasteiger partial charge in [0.2, 0.25) is 5.91 Å². The van der Waals surface area contributed by atoms with Gasteiger partial charge in [0.1, 0.15) is 5.69 Å². The number of amides is 1. The first-order valence-corrected chi connectivity index (χ1v) is 12.3. The number of H-pyrrole nitrogens is 2. The van der Waals surface area contributed by atoms with Gasteiger partial charge in [0.25, 0.3) is 0 Å². The van der Waals surface area contributed by atoms with Gasteiger partial charge in [0, 0.05) is 52.5 Å². The Morgan fingerprint density at radius 1 is 1.11 bits per heavy atom. The molecule has 0 unspecified atom stereocenters. The van der Waals surface area contributed by atoms with Crippen LogP contribution in [0.5, 0.6) is 0 Å². The van der Waals surface area contributed by atoms with Crippen LogP contribution in [0, 0.1) is 5.41 Å². The van der Waals surface area contributed by atoms with E-state index in [1.165, 1.54) is 0 Å². The van der Waals surface area contributed by atoms with Crippen molar-refractivity contribution in [2.45, 2.75) is 27.2 Å². The first kappa shape index (κ1) is 23.5. The molecule has 0 atom stereocenters. The minimum absolute atomic E-state index is 0.0404. The average molecular weight is 503 g/mol. The summed E-state index contributed by atoms with van der Waals surface area (Å²) in [5, 5.41) is 11.4. The highest BCUT2D eigenvalue weighted by atomic mass is 16.3. The van der Waals surface area contributed by atoms with E-state index in [0.29, 0.717) is 17.8 Å². The van der Waals surface area contributed by atoms with Crippen LogP contribution in [-0.4, -0.2) is 31.1 Å². The fourth-order valence-corrected chi connectivity index (χ4v) is 4.58. The van der Waals surface area contributed by atoms with Crippen molar-refractivity contribution in [3.63, 3.8) is 0 Å². The Morgan fingerprint density at radius 3 is 2.79 bits per heavy atom. The monoisotopic (exact) mass is 502 g/mol. The number of carbonyl (C=O) groups excluding carboxylic acids is 1. The summed E-state index contributed by atoms with van der Waals surface area (Å²) in [6, 6.07) is 7.97. The lowest BCUT2D eigenvalue weighted by atomic mass is 9.92. The lowest BCUT2D eigenvalue weighted by molar-refractivity contribution is -0.117. The molecule has 5 heterocycles. The molecule has 8 heteroatoms. The molecule has 38 heavy (non-hydrogen) atoms. The van der Waals surface area contributed by atoms with Crippen LogP contribution in [0.4, 0.5) is 5.69 Å². The number of hydrogen-bond donors (Lipinski definition) is 3. The van der Waals surface area contributed by atoms with Crippen molar-refractivity contribution in [3.05, 3.63) is 90.1 Å². The largest absolute Gasteiger partial charge is 0.472 e. The summed E-state index contributed by atoms with van der Waals surface area (Å²) in [5.41, 5.74) is 11.7. The molecule has 0 fully saturated rings. The molecule has 0 saturated carbocycles. The van der Waals surface area contributed by atoms with Crippen molar-refractivity contribution in [2.75, 3.05) is 5.32 Å². The number of nitrogens with one attached hydrogen (secondary N) is 3. The molecule has 3 N–H and O–H groups in total. The molecular formula is C30H26N6O2. The lowest BCUT2D eigenvalue weighted by Crippen LogP contribution is -2.19. The fraction of sp³-hybridized carbons (Fsp3) is 0.167. The summed E-state index contributed by atoms with van der Waals surface area (Å²) in [4.78, 5) is 24.9. The number of allylic oxidation sites excluding steroid dienone is 2. The third-order valence-corrected chi connectivity index (χ3v) is 6.26. The van der Waals surface area contributed by atoms with E-state index in [2.05, 4.69) is 42.3 Å². The topological polar surface area (TPSA) is 112 Å². The van der Waals surface area contributed by atoms with Crippen molar-refractivity contribution in [1.29, 1.82) is 0 Å². The second kappa shape index (κ2) is 9.18. The zero-order valence-corrected chi connectivity index (χ0v) is 21.3. The Kier molecular flexibility index (Phi) is 5.66. The van der Waals surface area contributed by atoms with Crippen molar-refractivity contribution in [2.24, 2.45) is 5.41 Å². The average Bonchev–Trinajstić information content (AvgIpc) is 3.61. The number of pyridine rings is 2. The molecule has 0 radical (unpaired) electrons. The smallest absolute Gasteiger partial charge is 0.224 e. The van der Waals surface area contributed by atoms with E-state index >= 15 is 0 Å². The first-order chi connectivity index (χ1) is 18.3. The van der Waals surface area contributed by atoms with Gasteiger partial charge < -0.3 is 14.7 Å². The van der Waals surface area contributed by atoms with Gasteiger partial charge in [0.15, 0.2) is 5.65 Å². The van der Waals surface area contributed by atoms with Gasteiger partial charge in [-0.1, -0.05) is 20.8 Å². The molecule has 0 bridgehead atoms. The van der Waals surface area contributed by atoms with Gasteiger partial charge >= 0.3 is 0 Å². The molecule has 0 saturated heterocycles. The number of furan rings is 1. The predicted molar refractivity (Wildman–Crippen MR) is 148 cm³/mol. The zero-order valence-electron chi connectivity index (χ0n) is 21.3. The van der Waals surface area contributed by atoms with E-state index in [9.17, 15) is 4.79 Å². The summed E-state index contributed by atoms with van der Waals surface area (Å²) in [6.07, 6.45) is 14.8. The third kappa shape index (κ3) is 4.61. The molecule has 6 rings (SSSR count). The van der Waals surface area contributed by atoms with Crippen LogP contribution in [0.15, 0.2) is 77.7 Å². The molecule has 1 aliphatic rings. The highest BCUT2D eigenvalue weighted by Gasteiger charge is 2.19. The number of rotatable bonds is 5. The van der Waals surface area contributed by atoms with E-state index in [-0.39, 0.29) is 11.3 Å². The van der Waals surface area contributed by atoms with E-state index in [4.69, 9.17) is 4.42 Å². The number of nitrogens with zero attached hydrogens (tertiary/aromatic N) is 3. The lowest BCUT2D eigenvalue weighted by Gasteiger charge is -2.17. The Labute approximate surface area is 219 Å². The number of fused-ring (bicyclic) bond motifs is 2. The van der Waals surface area contributed by atoms with Crippen LogP contribution in [-0.2, 0) is 4.79 Å². The molecule has 8 nitrogen and oxygen atoms in total. The summed E-state index contributed by atoms with van der Waals surface area (Å²) in [5.74, 6) is -0.0404. The first-order valence-electron chi connectivity index (χ1n) is 12.3. The third-order valence-electron chi connectivity index (χ3n) is 6.26. The number of hydrogen-bond acceptors (Lipinski definition) is 5. The van der Waals surface area contributed by atoms with E-state index in [1.54, 1.807) is 31.1 Å². The summed E-state index contributed by atoms with van der Waals surface area (Å²) in [6.45, 7) is 6.11. The Balaban J connectivity index is 1.35. The number of anilines is 1. The van der Waals surface area contributed by atoms with Gasteiger partial charge in [-0.15, -0.1) is 5.73 Å². The highest BCUT2D eigenvalue weighted by molar-refractivity contribution is 5.96. The van der Waals surface area contributed by atoms with Gasteiger partial charge in [-0.05, 0) is 47.4 Å². The molecule has 188 valence electrons. The van der Waals surface area contributed by atoms with Crippen LogP contribution in [0.1, 0.15) is 44.0 Å². The van der Waals surface area contributed by atoms with E-state index in [1.807, 2.05) is 57.2 Å². The second-order valence-corrected chi connectivity index (χ2v) is 10.5. The zero-order chi connectivity index (χ0) is 26.3. The fourth-order valence-electron chi connectivity index (χ4n) is 4.58. The maximum Gasteiger partial charge on any atom is 0.224 e. The number of carbonyl (C=O) groups is 1. The van der Waals surface area contributed by atoms with Gasteiger partial charge in [-0.3, -0.25) is 14.9 Å². The van der Waals surface area contributed by atoms with Crippen LogP contribution in [0.2, 0.25) is 0 Å². The molecular weight excluding hydrogens is 476 g/mol. The minimum Gasteiger partial charge on any atom is -0.472 e.